The number of benzene rings is 1. The highest BCUT2D eigenvalue weighted by Crippen LogP contribution is 2.17. The van der Waals surface area contributed by atoms with Crippen LogP contribution in [-0.4, -0.2) is 42.1 Å². The number of aromatic nitrogens is 1. The number of halogens is 1. The van der Waals surface area contributed by atoms with Crippen molar-refractivity contribution in [1.82, 2.24) is 10.1 Å². The summed E-state index contributed by atoms with van der Waals surface area (Å²) in [5, 5.41) is 3.54. The van der Waals surface area contributed by atoms with Gasteiger partial charge in [0.2, 0.25) is 5.76 Å². The van der Waals surface area contributed by atoms with Gasteiger partial charge in [0.25, 0.3) is 5.91 Å². The molecule has 1 aromatic heterocycles. The summed E-state index contributed by atoms with van der Waals surface area (Å²) in [5.74, 6) is -0.116. The zero-order valence-electron chi connectivity index (χ0n) is 10.8. The average molecular weight is 275 g/mol. The van der Waals surface area contributed by atoms with E-state index in [9.17, 15) is 9.18 Å². The molecule has 20 heavy (non-hydrogen) atoms. The fourth-order valence-electron chi connectivity index (χ4n) is 2.30. The number of amides is 1. The predicted octanol–water partition coefficient (Wildman–Crippen LogP) is 1.78. The molecule has 0 radical (unpaired) electrons. The van der Waals surface area contributed by atoms with Crippen LogP contribution in [0.1, 0.15) is 10.6 Å². The molecule has 0 unspecified atom stereocenters. The van der Waals surface area contributed by atoms with Crippen LogP contribution >= 0.6 is 0 Å². The lowest BCUT2D eigenvalue weighted by molar-refractivity contribution is 0.0705. The maximum atomic E-state index is 12.9. The van der Waals surface area contributed by atoms with Crippen LogP contribution in [0.25, 0.3) is 0 Å². The van der Waals surface area contributed by atoms with E-state index in [-0.39, 0.29) is 17.5 Å². The second kappa shape index (κ2) is 5.32. The van der Waals surface area contributed by atoms with Crippen molar-refractivity contribution in [3.8, 4) is 0 Å². The molecule has 1 saturated heterocycles. The highest BCUT2D eigenvalue weighted by Gasteiger charge is 2.24. The summed E-state index contributed by atoms with van der Waals surface area (Å²) in [4.78, 5) is 15.9. The van der Waals surface area contributed by atoms with Gasteiger partial charge in [-0.3, -0.25) is 4.79 Å². The number of carbonyl (C=O) groups is 1. The molecule has 3 rings (SSSR count). The zero-order chi connectivity index (χ0) is 13.9. The molecular formula is C14H14FN3O2. The van der Waals surface area contributed by atoms with Gasteiger partial charge in [0.1, 0.15) is 5.82 Å². The van der Waals surface area contributed by atoms with Crippen LogP contribution in [0.5, 0.6) is 0 Å². The van der Waals surface area contributed by atoms with Crippen LogP contribution in [0.2, 0.25) is 0 Å². The SMILES string of the molecule is O=C(c1ccno1)N1CCN(c2ccc(F)cc2)CC1. The van der Waals surface area contributed by atoms with Crippen molar-refractivity contribution in [1.29, 1.82) is 0 Å². The fourth-order valence-corrected chi connectivity index (χ4v) is 2.30. The minimum absolute atomic E-state index is 0.138. The van der Waals surface area contributed by atoms with Crippen molar-refractivity contribution in [2.45, 2.75) is 0 Å². The summed E-state index contributed by atoms with van der Waals surface area (Å²) in [6.07, 6.45) is 1.46. The average Bonchev–Trinajstić information content (AvgIpc) is 3.02. The molecule has 0 bridgehead atoms. The number of hydrogen-bond acceptors (Lipinski definition) is 4. The molecule has 1 aliphatic rings. The first-order valence-electron chi connectivity index (χ1n) is 6.44. The van der Waals surface area contributed by atoms with Gasteiger partial charge < -0.3 is 14.3 Å². The van der Waals surface area contributed by atoms with Crippen LogP contribution in [0.4, 0.5) is 10.1 Å². The van der Waals surface area contributed by atoms with Gasteiger partial charge in [-0.1, -0.05) is 5.16 Å². The molecule has 2 heterocycles. The Labute approximate surface area is 115 Å². The summed E-state index contributed by atoms with van der Waals surface area (Å²) >= 11 is 0. The lowest BCUT2D eigenvalue weighted by Crippen LogP contribution is -2.48. The third-order valence-corrected chi connectivity index (χ3v) is 3.41. The van der Waals surface area contributed by atoms with Crippen LogP contribution in [0.3, 0.4) is 0 Å². The first kappa shape index (κ1) is 12.7. The van der Waals surface area contributed by atoms with Gasteiger partial charge in [0, 0.05) is 37.9 Å². The van der Waals surface area contributed by atoms with E-state index in [1.165, 1.54) is 18.3 Å². The molecular weight excluding hydrogens is 261 g/mol. The molecule has 104 valence electrons. The van der Waals surface area contributed by atoms with E-state index in [1.807, 2.05) is 0 Å². The van der Waals surface area contributed by atoms with Crippen molar-refractivity contribution in [2.24, 2.45) is 0 Å². The summed E-state index contributed by atoms with van der Waals surface area (Å²) in [6.45, 7) is 2.64. The Morgan fingerprint density at radius 1 is 1.10 bits per heavy atom. The normalized spacial score (nSPS) is 15.4. The van der Waals surface area contributed by atoms with E-state index in [2.05, 4.69) is 10.1 Å². The third kappa shape index (κ3) is 2.49. The third-order valence-electron chi connectivity index (χ3n) is 3.41. The predicted molar refractivity (Wildman–Crippen MR) is 71.0 cm³/mol. The monoisotopic (exact) mass is 275 g/mol. The summed E-state index contributed by atoms with van der Waals surface area (Å²) < 4.78 is 17.8. The molecule has 1 fully saturated rings. The maximum Gasteiger partial charge on any atom is 0.292 e. The van der Waals surface area contributed by atoms with Gasteiger partial charge in [0.15, 0.2) is 0 Å². The van der Waals surface area contributed by atoms with Crippen molar-refractivity contribution in [3.63, 3.8) is 0 Å². The van der Waals surface area contributed by atoms with Crippen LogP contribution in [-0.2, 0) is 0 Å². The van der Waals surface area contributed by atoms with E-state index in [0.29, 0.717) is 26.2 Å². The molecule has 1 aliphatic heterocycles. The van der Waals surface area contributed by atoms with E-state index < -0.39 is 0 Å². The van der Waals surface area contributed by atoms with Crippen molar-refractivity contribution in [3.05, 3.63) is 48.1 Å². The molecule has 6 heteroatoms. The quantitative estimate of drug-likeness (QED) is 0.838. The van der Waals surface area contributed by atoms with Gasteiger partial charge >= 0.3 is 0 Å². The Morgan fingerprint density at radius 2 is 1.80 bits per heavy atom. The van der Waals surface area contributed by atoms with E-state index in [4.69, 9.17) is 4.52 Å². The second-order valence-corrected chi connectivity index (χ2v) is 4.63. The Balaban J connectivity index is 1.62. The zero-order valence-corrected chi connectivity index (χ0v) is 10.8. The minimum atomic E-state index is -0.243. The molecule has 1 aromatic carbocycles. The number of rotatable bonds is 2. The fraction of sp³-hybridized carbons (Fsp3) is 0.286. The number of piperazine rings is 1. The number of hydrogen-bond donors (Lipinski definition) is 0. The second-order valence-electron chi connectivity index (χ2n) is 4.63. The van der Waals surface area contributed by atoms with E-state index >= 15 is 0 Å². The van der Waals surface area contributed by atoms with E-state index in [0.717, 1.165) is 5.69 Å². The molecule has 5 nitrogen and oxygen atoms in total. The smallest absolute Gasteiger partial charge is 0.292 e. The van der Waals surface area contributed by atoms with Crippen LogP contribution in [0.15, 0.2) is 41.1 Å². The molecule has 2 aromatic rings. The van der Waals surface area contributed by atoms with Crippen molar-refractivity contribution >= 4 is 11.6 Å². The van der Waals surface area contributed by atoms with Gasteiger partial charge in [-0.15, -0.1) is 0 Å². The van der Waals surface area contributed by atoms with Gasteiger partial charge in [-0.25, -0.2) is 4.39 Å². The van der Waals surface area contributed by atoms with Crippen molar-refractivity contribution in [2.75, 3.05) is 31.1 Å². The van der Waals surface area contributed by atoms with Crippen molar-refractivity contribution < 1.29 is 13.7 Å². The summed E-state index contributed by atoms with van der Waals surface area (Å²) in [6, 6.07) is 7.96. The molecule has 0 aliphatic carbocycles. The molecule has 1 amide bonds. The topological polar surface area (TPSA) is 49.6 Å². The first-order chi connectivity index (χ1) is 9.74. The Kier molecular flexibility index (Phi) is 3.37. The lowest BCUT2D eigenvalue weighted by Gasteiger charge is -2.35. The highest BCUT2D eigenvalue weighted by molar-refractivity contribution is 5.91. The lowest BCUT2D eigenvalue weighted by atomic mass is 10.2. The largest absolute Gasteiger partial charge is 0.368 e. The molecule has 0 spiro atoms. The Bertz CT molecular complexity index is 575. The van der Waals surface area contributed by atoms with Gasteiger partial charge in [-0.2, -0.15) is 0 Å². The number of carbonyl (C=O) groups excluding carboxylic acids is 1. The highest BCUT2D eigenvalue weighted by atomic mass is 19.1. The Hall–Kier alpha value is -2.37. The van der Waals surface area contributed by atoms with Gasteiger partial charge in [0.05, 0.1) is 6.20 Å². The van der Waals surface area contributed by atoms with E-state index in [1.54, 1.807) is 23.1 Å². The summed E-state index contributed by atoms with van der Waals surface area (Å²) in [5.41, 5.74) is 0.971. The van der Waals surface area contributed by atoms with Gasteiger partial charge in [-0.05, 0) is 24.3 Å². The molecule has 0 saturated carbocycles. The standard InChI is InChI=1S/C14H14FN3O2/c15-11-1-3-12(4-2-11)17-7-9-18(10-8-17)14(19)13-5-6-16-20-13/h1-6H,7-10H2. The first-order valence-corrected chi connectivity index (χ1v) is 6.44. The molecule has 0 atom stereocenters. The summed E-state index contributed by atoms with van der Waals surface area (Å²) in [7, 11) is 0. The van der Waals surface area contributed by atoms with Crippen LogP contribution < -0.4 is 4.90 Å². The Morgan fingerprint density at radius 3 is 2.40 bits per heavy atom. The minimum Gasteiger partial charge on any atom is -0.368 e. The number of nitrogens with zero attached hydrogens (tertiary/aromatic N) is 3. The number of anilines is 1. The van der Waals surface area contributed by atoms with Crippen LogP contribution in [0, 0.1) is 5.82 Å². The molecule has 0 N–H and O–H groups in total. The maximum absolute atomic E-state index is 12.9.